The summed E-state index contributed by atoms with van der Waals surface area (Å²) in [5.74, 6) is 0.925. The maximum absolute atomic E-state index is 12.6. The van der Waals surface area contributed by atoms with Crippen molar-refractivity contribution in [1.82, 2.24) is 20.4 Å². The third kappa shape index (κ3) is 10.3. The topological polar surface area (TPSA) is 77.0 Å². The van der Waals surface area contributed by atoms with Crippen LogP contribution in [-0.2, 0) is 16.1 Å². The minimum Gasteiger partial charge on any atom is -0.357 e. The van der Waals surface area contributed by atoms with Crippen molar-refractivity contribution in [2.24, 2.45) is 4.99 Å². The van der Waals surface area contributed by atoms with E-state index in [1.165, 1.54) is 0 Å². The zero-order valence-corrected chi connectivity index (χ0v) is 21.3. The number of rotatable bonds is 10. The molecule has 1 fully saturated rings. The van der Waals surface area contributed by atoms with Crippen molar-refractivity contribution in [3.05, 3.63) is 35.9 Å². The second kappa shape index (κ2) is 15.9. The predicted molar refractivity (Wildman–Crippen MR) is 137 cm³/mol. The van der Waals surface area contributed by atoms with Crippen molar-refractivity contribution in [1.29, 1.82) is 0 Å². The lowest BCUT2D eigenvalue weighted by molar-refractivity contribution is -0.131. The van der Waals surface area contributed by atoms with Crippen LogP contribution in [0, 0.1) is 0 Å². The molecule has 1 aromatic carbocycles. The molecule has 1 aromatic rings. The number of halogens is 1. The van der Waals surface area contributed by atoms with E-state index in [0.717, 1.165) is 50.9 Å². The molecule has 2 amide bonds. The summed E-state index contributed by atoms with van der Waals surface area (Å²) in [6.45, 7) is 8.43. The number of likely N-dealkylation sites (tertiary alicyclic amines) is 1. The van der Waals surface area contributed by atoms with Crippen LogP contribution in [0.5, 0.6) is 0 Å². The molecule has 1 aliphatic heterocycles. The summed E-state index contributed by atoms with van der Waals surface area (Å²) in [6.07, 6.45) is 4.79. The number of amides is 2. The maximum Gasteiger partial charge on any atom is 0.244 e. The van der Waals surface area contributed by atoms with Gasteiger partial charge in [0, 0.05) is 45.7 Å². The Morgan fingerprint density at radius 3 is 2.61 bits per heavy atom. The largest absolute Gasteiger partial charge is 0.357 e. The predicted octanol–water partition coefficient (Wildman–Crippen LogP) is 3.00. The van der Waals surface area contributed by atoms with Crippen LogP contribution < -0.4 is 10.6 Å². The molecule has 7 nitrogen and oxygen atoms in total. The van der Waals surface area contributed by atoms with Gasteiger partial charge in [0.15, 0.2) is 5.96 Å². The van der Waals surface area contributed by atoms with Gasteiger partial charge in [0.25, 0.3) is 0 Å². The van der Waals surface area contributed by atoms with Crippen LogP contribution in [0.15, 0.2) is 35.3 Å². The molecule has 1 heterocycles. The summed E-state index contributed by atoms with van der Waals surface area (Å²) < 4.78 is 0. The van der Waals surface area contributed by atoms with Crippen LogP contribution in [0.3, 0.4) is 0 Å². The molecule has 0 spiro atoms. The van der Waals surface area contributed by atoms with Crippen molar-refractivity contribution >= 4 is 41.8 Å². The third-order valence-corrected chi connectivity index (χ3v) is 5.24. The van der Waals surface area contributed by atoms with Crippen LogP contribution in [0.2, 0.25) is 0 Å². The van der Waals surface area contributed by atoms with Crippen LogP contribution in [0.4, 0.5) is 0 Å². The summed E-state index contributed by atoms with van der Waals surface area (Å²) in [5.41, 5.74) is 1.12. The molecule has 2 rings (SSSR count). The lowest BCUT2D eigenvalue weighted by Gasteiger charge is -2.21. The first-order chi connectivity index (χ1) is 14.6. The minimum absolute atomic E-state index is 0. The molecule has 1 saturated heterocycles. The third-order valence-electron chi connectivity index (χ3n) is 5.24. The number of nitrogens with zero attached hydrogens (tertiary/aromatic N) is 3. The fraction of sp³-hybridized carbons (Fsp3) is 0.609. The van der Waals surface area contributed by atoms with Gasteiger partial charge in [-0.05, 0) is 38.7 Å². The summed E-state index contributed by atoms with van der Waals surface area (Å²) in [6, 6.07) is 10.00. The molecule has 174 valence electrons. The molecule has 8 heteroatoms. The Morgan fingerprint density at radius 2 is 1.90 bits per heavy atom. The first-order valence-electron chi connectivity index (χ1n) is 11.3. The molecular weight excluding hydrogens is 505 g/mol. The minimum atomic E-state index is 0. The van der Waals surface area contributed by atoms with Gasteiger partial charge in [-0.1, -0.05) is 36.8 Å². The Labute approximate surface area is 204 Å². The highest BCUT2D eigenvalue weighted by Gasteiger charge is 2.16. The molecule has 0 aliphatic carbocycles. The highest BCUT2D eigenvalue weighted by molar-refractivity contribution is 14.0. The Bertz CT molecular complexity index is 684. The Hall–Kier alpha value is -1.84. The molecule has 2 N–H and O–H groups in total. The van der Waals surface area contributed by atoms with Gasteiger partial charge in [0.05, 0.1) is 0 Å². The fourth-order valence-electron chi connectivity index (χ4n) is 3.52. The molecule has 0 radical (unpaired) electrons. The number of benzene rings is 1. The zero-order chi connectivity index (χ0) is 21.6. The van der Waals surface area contributed by atoms with E-state index in [4.69, 9.17) is 0 Å². The van der Waals surface area contributed by atoms with Gasteiger partial charge in [-0.25, -0.2) is 4.99 Å². The highest BCUT2D eigenvalue weighted by Crippen LogP contribution is 2.11. The summed E-state index contributed by atoms with van der Waals surface area (Å²) in [7, 11) is 0. The average Bonchev–Trinajstić information content (AvgIpc) is 2.97. The molecule has 0 bridgehead atoms. The molecule has 0 unspecified atom stereocenters. The van der Waals surface area contributed by atoms with E-state index in [9.17, 15) is 9.59 Å². The van der Waals surface area contributed by atoms with Crippen LogP contribution in [0.1, 0.15) is 51.5 Å². The molecule has 0 saturated carbocycles. The standard InChI is InChI=1S/C23H37N5O2.HI/c1-3-24-23(25-15-11-17-28-16-10-6-9-14-21(28)29)26-18-22(30)27(4-2)19-20-12-7-5-8-13-20;/h5,7-8,12-13H,3-4,6,9-11,14-19H2,1-2H3,(H2,24,25,26);1H. The van der Waals surface area contributed by atoms with Crippen LogP contribution >= 0.6 is 24.0 Å². The van der Waals surface area contributed by atoms with Crippen molar-refractivity contribution in [3.63, 3.8) is 0 Å². The molecule has 0 atom stereocenters. The second-order valence-corrected chi connectivity index (χ2v) is 7.56. The fourth-order valence-corrected chi connectivity index (χ4v) is 3.52. The molecule has 0 aromatic heterocycles. The first-order valence-corrected chi connectivity index (χ1v) is 11.3. The number of carbonyl (C=O) groups is 2. The number of guanidine groups is 1. The van der Waals surface area contributed by atoms with Crippen LogP contribution in [-0.4, -0.2) is 66.8 Å². The second-order valence-electron chi connectivity index (χ2n) is 7.56. The van der Waals surface area contributed by atoms with Gasteiger partial charge >= 0.3 is 0 Å². The smallest absolute Gasteiger partial charge is 0.244 e. The number of hydrogen-bond donors (Lipinski definition) is 2. The average molecular weight is 543 g/mol. The van der Waals surface area contributed by atoms with E-state index in [-0.39, 0.29) is 42.3 Å². The van der Waals surface area contributed by atoms with E-state index in [1.807, 2.05) is 54.0 Å². The quantitative estimate of drug-likeness (QED) is 0.206. The lowest BCUT2D eigenvalue weighted by atomic mass is 10.2. The Balaban J connectivity index is 0.00000480. The number of hydrogen-bond acceptors (Lipinski definition) is 3. The van der Waals surface area contributed by atoms with Crippen molar-refractivity contribution in [3.8, 4) is 0 Å². The Kier molecular flexibility index (Phi) is 13.9. The summed E-state index contributed by atoms with van der Waals surface area (Å²) >= 11 is 0. The number of likely N-dealkylation sites (N-methyl/N-ethyl adjacent to an activating group) is 1. The SMILES string of the molecule is CCNC(=NCC(=O)N(CC)Cc1ccccc1)NCCCN1CCCCCC1=O.I. The number of aliphatic imine (C=N–C) groups is 1. The van der Waals surface area contributed by atoms with Gasteiger partial charge < -0.3 is 20.4 Å². The molecule has 31 heavy (non-hydrogen) atoms. The number of carbonyl (C=O) groups excluding carboxylic acids is 2. The first kappa shape index (κ1) is 27.2. The van der Waals surface area contributed by atoms with Crippen molar-refractivity contribution in [2.75, 3.05) is 39.3 Å². The van der Waals surface area contributed by atoms with Gasteiger partial charge in [-0.15, -0.1) is 24.0 Å². The van der Waals surface area contributed by atoms with Gasteiger partial charge in [-0.2, -0.15) is 0 Å². The van der Waals surface area contributed by atoms with E-state index < -0.39 is 0 Å². The van der Waals surface area contributed by atoms with E-state index in [1.54, 1.807) is 0 Å². The zero-order valence-electron chi connectivity index (χ0n) is 18.9. The normalized spacial score (nSPS) is 14.5. The monoisotopic (exact) mass is 543 g/mol. The van der Waals surface area contributed by atoms with Crippen LogP contribution in [0.25, 0.3) is 0 Å². The van der Waals surface area contributed by atoms with E-state index in [2.05, 4.69) is 15.6 Å². The molecular formula is C23H38IN5O2. The lowest BCUT2D eigenvalue weighted by Crippen LogP contribution is -2.40. The van der Waals surface area contributed by atoms with Gasteiger partial charge in [-0.3, -0.25) is 9.59 Å². The van der Waals surface area contributed by atoms with E-state index >= 15 is 0 Å². The Morgan fingerprint density at radius 1 is 1.13 bits per heavy atom. The van der Waals surface area contributed by atoms with Gasteiger partial charge in [0.2, 0.25) is 11.8 Å². The number of nitrogens with one attached hydrogen (secondary N) is 2. The van der Waals surface area contributed by atoms with Crippen molar-refractivity contribution < 1.29 is 9.59 Å². The van der Waals surface area contributed by atoms with Crippen molar-refractivity contribution in [2.45, 2.75) is 52.5 Å². The maximum atomic E-state index is 12.6. The summed E-state index contributed by atoms with van der Waals surface area (Å²) in [5, 5.41) is 6.47. The van der Waals surface area contributed by atoms with Gasteiger partial charge in [0.1, 0.15) is 6.54 Å². The highest BCUT2D eigenvalue weighted by atomic mass is 127. The molecule has 1 aliphatic rings. The van der Waals surface area contributed by atoms with E-state index in [0.29, 0.717) is 32.0 Å². The summed E-state index contributed by atoms with van der Waals surface area (Å²) in [4.78, 5) is 32.9.